The number of rotatable bonds is 4. The summed E-state index contributed by atoms with van der Waals surface area (Å²) in [5.74, 6) is -1.38. The van der Waals surface area contributed by atoms with Crippen molar-refractivity contribution < 1.29 is 14.0 Å². The van der Waals surface area contributed by atoms with Crippen LogP contribution in [0.15, 0.2) is 48.5 Å². The second kappa shape index (κ2) is 7.68. The lowest BCUT2D eigenvalue weighted by Gasteiger charge is -2.33. The SMILES string of the molecule is CC(C)[C@@H](NC(=O)c1ccccc1F)C(=O)N1CCc2ccccc2C1. The Balaban J connectivity index is 1.75. The first kappa shape index (κ1) is 18.1. The third kappa shape index (κ3) is 3.77. The van der Waals surface area contributed by atoms with Crippen molar-refractivity contribution in [1.29, 1.82) is 0 Å². The number of fused-ring (bicyclic) bond motifs is 1. The van der Waals surface area contributed by atoms with Gasteiger partial charge >= 0.3 is 0 Å². The predicted molar refractivity (Wildman–Crippen MR) is 98.1 cm³/mol. The van der Waals surface area contributed by atoms with Crippen LogP contribution < -0.4 is 5.32 Å². The molecule has 136 valence electrons. The van der Waals surface area contributed by atoms with E-state index in [9.17, 15) is 14.0 Å². The number of nitrogens with one attached hydrogen (secondary N) is 1. The number of carbonyl (C=O) groups is 2. The van der Waals surface area contributed by atoms with Crippen LogP contribution in [0.1, 0.15) is 35.3 Å². The molecule has 0 radical (unpaired) electrons. The molecule has 0 spiro atoms. The van der Waals surface area contributed by atoms with Crippen molar-refractivity contribution in [2.24, 2.45) is 5.92 Å². The van der Waals surface area contributed by atoms with E-state index in [-0.39, 0.29) is 17.4 Å². The molecule has 1 N–H and O–H groups in total. The van der Waals surface area contributed by atoms with E-state index in [1.807, 2.05) is 32.0 Å². The van der Waals surface area contributed by atoms with Gasteiger partial charge in [0.05, 0.1) is 5.56 Å². The molecule has 0 unspecified atom stereocenters. The number of nitrogens with zero attached hydrogens (tertiary/aromatic N) is 1. The maximum atomic E-state index is 13.9. The molecule has 1 atom stereocenters. The molecule has 26 heavy (non-hydrogen) atoms. The molecular formula is C21H23FN2O2. The molecule has 1 aliphatic rings. The van der Waals surface area contributed by atoms with Crippen molar-refractivity contribution in [1.82, 2.24) is 10.2 Å². The first-order valence-electron chi connectivity index (χ1n) is 8.88. The van der Waals surface area contributed by atoms with E-state index in [1.54, 1.807) is 11.0 Å². The lowest BCUT2D eigenvalue weighted by molar-refractivity contribution is -0.135. The van der Waals surface area contributed by atoms with Gasteiger partial charge in [-0.1, -0.05) is 50.2 Å². The van der Waals surface area contributed by atoms with Crippen LogP contribution in [0.2, 0.25) is 0 Å². The normalized spacial score (nSPS) is 14.7. The first-order valence-corrected chi connectivity index (χ1v) is 8.88. The van der Waals surface area contributed by atoms with Crippen LogP contribution in [-0.4, -0.2) is 29.3 Å². The van der Waals surface area contributed by atoms with Crippen LogP contribution in [0, 0.1) is 11.7 Å². The molecule has 0 saturated heterocycles. The van der Waals surface area contributed by atoms with Gasteiger partial charge in [-0.15, -0.1) is 0 Å². The number of hydrogen-bond acceptors (Lipinski definition) is 2. The van der Waals surface area contributed by atoms with Crippen molar-refractivity contribution in [2.75, 3.05) is 6.54 Å². The zero-order valence-electron chi connectivity index (χ0n) is 15.0. The van der Waals surface area contributed by atoms with Gasteiger partial charge in [-0.3, -0.25) is 9.59 Å². The topological polar surface area (TPSA) is 49.4 Å². The smallest absolute Gasteiger partial charge is 0.254 e. The molecule has 3 rings (SSSR count). The highest BCUT2D eigenvalue weighted by Crippen LogP contribution is 2.20. The molecule has 0 aromatic heterocycles. The number of hydrogen-bond donors (Lipinski definition) is 1. The molecule has 4 nitrogen and oxygen atoms in total. The Bertz CT molecular complexity index is 819. The summed E-state index contributed by atoms with van der Waals surface area (Å²) >= 11 is 0. The molecule has 2 aromatic rings. The second-order valence-corrected chi connectivity index (χ2v) is 6.95. The van der Waals surface area contributed by atoms with Gasteiger partial charge in [-0.05, 0) is 35.6 Å². The number of halogens is 1. The summed E-state index contributed by atoms with van der Waals surface area (Å²) in [5.41, 5.74) is 2.35. The van der Waals surface area contributed by atoms with E-state index in [0.29, 0.717) is 13.1 Å². The van der Waals surface area contributed by atoms with Crippen LogP contribution in [-0.2, 0) is 17.8 Å². The van der Waals surface area contributed by atoms with Crippen molar-refractivity contribution in [3.05, 3.63) is 71.0 Å². The molecule has 2 aromatic carbocycles. The average molecular weight is 354 g/mol. The van der Waals surface area contributed by atoms with E-state index in [1.165, 1.54) is 23.8 Å². The Hall–Kier alpha value is -2.69. The molecule has 0 aliphatic carbocycles. The average Bonchev–Trinajstić information content (AvgIpc) is 2.65. The lowest BCUT2D eigenvalue weighted by atomic mass is 9.97. The van der Waals surface area contributed by atoms with E-state index < -0.39 is 17.8 Å². The zero-order chi connectivity index (χ0) is 18.7. The van der Waals surface area contributed by atoms with Crippen LogP contribution in [0.4, 0.5) is 4.39 Å². The van der Waals surface area contributed by atoms with Crippen molar-refractivity contribution in [3.63, 3.8) is 0 Å². The summed E-state index contributed by atoms with van der Waals surface area (Å²) in [5, 5.41) is 2.72. The van der Waals surface area contributed by atoms with Crippen LogP contribution in [0.5, 0.6) is 0 Å². The Morgan fingerprint density at radius 1 is 1.04 bits per heavy atom. The lowest BCUT2D eigenvalue weighted by Crippen LogP contribution is -2.52. The minimum atomic E-state index is -0.688. The molecule has 1 aliphatic heterocycles. The standard InChI is InChI=1S/C21H23FN2O2/c1-14(2)19(23-20(25)17-9-5-6-10-18(17)22)21(26)24-12-11-15-7-3-4-8-16(15)13-24/h3-10,14,19H,11-13H2,1-2H3,(H,23,25)/t19-/m1/s1. The molecule has 0 saturated carbocycles. The Morgan fingerprint density at radius 2 is 1.69 bits per heavy atom. The summed E-state index contributed by atoms with van der Waals surface area (Å²) in [6.07, 6.45) is 0.800. The monoisotopic (exact) mass is 354 g/mol. The van der Waals surface area contributed by atoms with Gasteiger partial charge < -0.3 is 10.2 Å². The third-order valence-corrected chi connectivity index (χ3v) is 4.78. The molecular weight excluding hydrogens is 331 g/mol. The zero-order valence-corrected chi connectivity index (χ0v) is 15.0. The van der Waals surface area contributed by atoms with Gasteiger partial charge in [-0.25, -0.2) is 4.39 Å². The van der Waals surface area contributed by atoms with Crippen LogP contribution in [0.25, 0.3) is 0 Å². The highest BCUT2D eigenvalue weighted by molar-refractivity contribution is 5.97. The third-order valence-electron chi connectivity index (χ3n) is 4.78. The van der Waals surface area contributed by atoms with Crippen molar-refractivity contribution in [2.45, 2.75) is 32.9 Å². The Labute approximate surface area is 153 Å². The minimum absolute atomic E-state index is 0.0464. The maximum Gasteiger partial charge on any atom is 0.254 e. The van der Waals surface area contributed by atoms with E-state index in [4.69, 9.17) is 0 Å². The fraction of sp³-hybridized carbons (Fsp3) is 0.333. The van der Waals surface area contributed by atoms with Gasteiger partial charge in [-0.2, -0.15) is 0 Å². The number of amides is 2. The predicted octanol–water partition coefficient (Wildman–Crippen LogP) is 3.17. The van der Waals surface area contributed by atoms with Gasteiger partial charge in [0, 0.05) is 13.1 Å². The van der Waals surface area contributed by atoms with E-state index in [2.05, 4.69) is 11.4 Å². The highest BCUT2D eigenvalue weighted by Gasteiger charge is 2.31. The molecule has 0 bridgehead atoms. The van der Waals surface area contributed by atoms with Crippen molar-refractivity contribution in [3.8, 4) is 0 Å². The minimum Gasteiger partial charge on any atom is -0.340 e. The fourth-order valence-electron chi connectivity index (χ4n) is 3.26. The number of benzene rings is 2. The second-order valence-electron chi connectivity index (χ2n) is 6.95. The molecule has 5 heteroatoms. The summed E-state index contributed by atoms with van der Waals surface area (Å²) in [4.78, 5) is 27.2. The molecule has 0 fully saturated rings. The summed E-state index contributed by atoms with van der Waals surface area (Å²) in [6.45, 7) is 4.91. The largest absolute Gasteiger partial charge is 0.340 e. The Morgan fingerprint density at radius 3 is 2.38 bits per heavy atom. The van der Waals surface area contributed by atoms with Gasteiger partial charge in [0.25, 0.3) is 5.91 Å². The fourth-order valence-corrected chi connectivity index (χ4v) is 3.26. The summed E-state index contributed by atoms with van der Waals surface area (Å²) in [6, 6.07) is 13.2. The maximum absolute atomic E-state index is 13.9. The van der Waals surface area contributed by atoms with Gasteiger partial charge in [0.15, 0.2) is 0 Å². The van der Waals surface area contributed by atoms with Crippen LogP contribution in [0.3, 0.4) is 0 Å². The quantitative estimate of drug-likeness (QED) is 0.917. The molecule has 1 heterocycles. The highest BCUT2D eigenvalue weighted by atomic mass is 19.1. The van der Waals surface area contributed by atoms with Gasteiger partial charge in [0.1, 0.15) is 11.9 Å². The summed E-state index contributed by atoms with van der Waals surface area (Å²) in [7, 11) is 0. The first-order chi connectivity index (χ1) is 12.5. The molecule has 2 amide bonds. The van der Waals surface area contributed by atoms with E-state index >= 15 is 0 Å². The van der Waals surface area contributed by atoms with Gasteiger partial charge in [0.2, 0.25) is 5.91 Å². The van der Waals surface area contributed by atoms with E-state index in [0.717, 1.165) is 12.0 Å². The number of carbonyl (C=O) groups excluding carboxylic acids is 2. The summed E-state index contributed by atoms with van der Waals surface area (Å²) < 4.78 is 13.9. The van der Waals surface area contributed by atoms with Crippen LogP contribution >= 0.6 is 0 Å². The van der Waals surface area contributed by atoms with Crippen molar-refractivity contribution >= 4 is 11.8 Å². The Kier molecular flexibility index (Phi) is 5.35.